The fourth-order valence-corrected chi connectivity index (χ4v) is 4.33. The summed E-state index contributed by atoms with van der Waals surface area (Å²) in [5.41, 5.74) is 5.32. The van der Waals surface area contributed by atoms with Crippen molar-refractivity contribution in [2.75, 3.05) is 0 Å². The SMILES string of the molecule is [2H]C12CCC([2H])(c3c1cc[n+](C)c3-c1ccccc1C)C2(C)C. The molecule has 0 aliphatic heterocycles. The van der Waals surface area contributed by atoms with Gasteiger partial charge in [0.1, 0.15) is 7.05 Å². The molecule has 2 bridgehead atoms. The van der Waals surface area contributed by atoms with Gasteiger partial charge in [-0.15, -0.1) is 0 Å². The second kappa shape index (κ2) is 4.19. The highest BCUT2D eigenvalue weighted by Gasteiger charge is 2.54. The molecule has 108 valence electrons. The van der Waals surface area contributed by atoms with Crippen LogP contribution in [0.2, 0.25) is 0 Å². The number of hydrogen-bond acceptors (Lipinski definition) is 0. The van der Waals surface area contributed by atoms with Crippen LogP contribution in [0.4, 0.5) is 0 Å². The fourth-order valence-electron chi connectivity index (χ4n) is 4.33. The standard InChI is InChI=1S/C20H24N/c1-13-7-5-6-8-14(13)19-18-15(11-12-21(19)4)16-9-10-17(18)20(16,2)3/h5-8,11-12,16-17H,9-10H2,1-4H3/q+1/i16D,17D. The van der Waals surface area contributed by atoms with Crippen LogP contribution in [0, 0.1) is 12.3 Å². The average Bonchev–Trinajstić information content (AvgIpc) is 2.76. The Balaban J connectivity index is 2.12. The van der Waals surface area contributed by atoms with Gasteiger partial charge in [0.25, 0.3) is 0 Å². The minimum absolute atomic E-state index is 0.367. The summed E-state index contributed by atoms with van der Waals surface area (Å²) in [5, 5.41) is 0. The van der Waals surface area contributed by atoms with Gasteiger partial charge in [0, 0.05) is 19.9 Å². The first-order valence-electron chi connectivity index (χ1n) is 8.84. The maximum Gasteiger partial charge on any atom is 0.216 e. The van der Waals surface area contributed by atoms with Crippen molar-refractivity contribution < 1.29 is 7.31 Å². The molecule has 4 rings (SSSR count). The lowest BCUT2D eigenvalue weighted by Gasteiger charge is -2.24. The van der Waals surface area contributed by atoms with Gasteiger partial charge in [0.15, 0.2) is 6.20 Å². The normalized spacial score (nSPS) is 33.5. The van der Waals surface area contributed by atoms with Gasteiger partial charge in [0.2, 0.25) is 5.69 Å². The molecule has 2 unspecified atom stereocenters. The van der Waals surface area contributed by atoms with Crippen LogP contribution in [0.5, 0.6) is 0 Å². The summed E-state index contributed by atoms with van der Waals surface area (Å²) in [6.07, 6.45) is 3.63. The van der Waals surface area contributed by atoms with Crippen molar-refractivity contribution in [2.45, 2.75) is 45.4 Å². The number of pyridine rings is 1. The lowest BCUT2D eigenvalue weighted by molar-refractivity contribution is -0.660. The molecule has 0 N–H and O–H groups in total. The molecule has 1 heteroatoms. The van der Waals surface area contributed by atoms with E-state index in [2.05, 4.69) is 68.9 Å². The predicted molar refractivity (Wildman–Crippen MR) is 86.3 cm³/mol. The zero-order valence-electron chi connectivity index (χ0n) is 15.3. The van der Waals surface area contributed by atoms with E-state index in [1.165, 1.54) is 11.1 Å². The third kappa shape index (κ3) is 1.61. The Morgan fingerprint density at radius 1 is 1.14 bits per heavy atom. The van der Waals surface area contributed by atoms with Gasteiger partial charge in [-0.05, 0) is 54.2 Å². The van der Waals surface area contributed by atoms with Crippen LogP contribution >= 0.6 is 0 Å². The van der Waals surface area contributed by atoms with Gasteiger partial charge in [-0.1, -0.05) is 32.0 Å². The number of fused-ring (bicyclic) bond motifs is 5. The molecule has 1 nitrogen and oxygen atoms in total. The lowest BCUT2D eigenvalue weighted by atomic mass is 9.79. The molecule has 2 aromatic rings. The second-order valence-corrected chi connectivity index (χ2v) is 6.96. The summed E-state index contributed by atoms with van der Waals surface area (Å²) in [4.78, 5) is 0. The Hall–Kier alpha value is -1.63. The summed E-state index contributed by atoms with van der Waals surface area (Å²) >= 11 is 0. The van der Waals surface area contributed by atoms with Crippen molar-refractivity contribution in [1.82, 2.24) is 0 Å². The van der Waals surface area contributed by atoms with E-state index in [4.69, 9.17) is 1.37 Å². The number of aryl methyl sites for hydroxylation is 2. The molecule has 2 aliphatic carbocycles. The number of hydrogen-bond donors (Lipinski definition) is 0. The maximum absolute atomic E-state index is 9.30. The second-order valence-electron chi connectivity index (χ2n) is 6.96. The Bertz CT molecular complexity index is 826. The Morgan fingerprint density at radius 3 is 2.62 bits per heavy atom. The third-order valence-electron chi connectivity index (χ3n) is 5.48. The van der Waals surface area contributed by atoms with Crippen LogP contribution in [0.25, 0.3) is 11.3 Å². The molecule has 2 aliphatic rings. The van der Waals surface area contributed by atoms with Crippen LogP contribution in [-0.4, -0.2) is 0 Å². The van der Waals surface area contributed by atoms with Gasteiger partial charge in [-0.2, -0.15) is 0 Å². The number of nitrogens with zero attached hydrogens (tertiary/aromatic N) is 1. The van der Waals surface area contributed by atoms with Crippen molar-refractivity contribution >= 4 is 0 Å². The predicted octanol–water partition coefficient (Wildman–Crippen LogP) is 4.49. The summed E-state index contributed by atoms with van der Waals surface area (Å²) in [5.74, 6) is -1.32. The molecule has 2 atom stereocenters. The summed E-state index contributed by atoms with van der Waals surface area (Å²) in [6, 6.07) is 10.5. The molecule has 1 fully saturated rings. The molecule has 0 radical (unpaired) electrons. The molecular weight excluding hydrogens is 254 g/mol. The Kier molecular flexibility index (Phi) is 2.20. The summed E-state index contributed by atoms with van der Waals surface area (Å²) < 4.78 is 20.6. The largest absolute Gasteiger partial charge is 0.216 e. The van der Waals surface area contributed by atoms with E-state index in [1.54, 1.807) is 0 Å². The summed E-state index contributed by atoms with van der Waals surface area (Å²) in [7, 11) is 2.06. The zero-order valence-corrected chi connectivity index (χ0v) is 13.3. The van der Waals surface area contributed by atoms with E-state index >= 15 is 0 Å². The number of benzene rings is 1. The van der Waals surface area contributed by atoms with Crippen LogP contribution < -0.4 is 4.57 Å². The number of rotatable bonds is 1. The van der Waals surface area contributed by atoms with Crippen molar-refractivity contribution in [2.24, 2.45) is 12.5 Å². The molecule has 21 heavy (non-hydrogen) atoms. The highest BCUT2D eigenvalue weighted by molar-refractivity contribution is 5.68. The molecule has 1 heterocycles. The average molecular weight is 280 g/mol. The topological polar surface area (TPSA) is 3.88 Å². The first-order chi connectivity index (χ1) is 10.7. The van der Waals surface area contributed by atoms with E-state index in [0.29, 0.717) is 0 Å². The van der Waals surface area contributed by atoms with E-state index in [9.17, 15) is 1.37 Å². The van der Waals surface area contributed by atoms with Gasteiger partial charge < -0.3 is 0 Å². The van der Waals surface area contributed by atoms with Crippen molar-refractivity contribution in [3.8, 4) is 11.3 Å². The first-order valence-corrected chi connectivity index (χ1v) is 7.84. The smallest absolute Gasteiger partial charge is 0.201 e. The molecule has 0 saturated heterocycles. The van der Waals surface area contributed by atoms with Crippen molar-refractivity contribution in [3.63, 3.8) is 0 Å². The molecule has 1 aromatic heterocycles. The first kappa shape index (κ1) is 11.0. The molecule has 0 spiro atoms. The zero-order chi connectivity index (χ0) is 16.6. The van der Waals surface area contributed by atoms with E-state index in [-0.39, 0.29) is 5.41 Å². The van der Waals surface area contributed by atoms with E-state index in [0.717, 1.165) is 29.7 Å². The van der Waals surface area contributed by atoms with Crippen molar-refractivity contribution in [1.29, 1.82) is 0 Å². The quantitative estimate of drug-likeness (QED) is 0.678. The molecule has 0 amide bonds. The fraction of sp³-hybridized carbons (Fsp3) is 0.450. The minimum Gasteiger partial charge on any atom is -0.201 e. The third-order valence-corrected chi connectivity index (χ3v) is 5.48. The number of aromatic nitrogens is 1. The highest BCUT2D eigenvalue weighted by atomic mass is 14.9. The van der Waals surface area contributed by atoms with Crippen LogP contribution in [0.15, 0.2) is 36.5 Å². The van der Waals surface area contributed by atoms with Gasteiger partial charge >= 0.3 is 0 Å². The Labute approximate surface area is 130 Å². The van der Waals surface area contributed by atoms with Gasteiger partial charge in [-0.25, -0.2) is 4.57 Å². The molecule has 1 saturated carbocycles. The molecular formula is C20H24N+. The highest BCUT2D eigenvalue weighted by Crippen LogP contribution is 2.65. The van der Waals surface area contributed by atoms with Gasteiger partial charge in [0.05, 0.1) is 0 Å². The van der Waals surface area contributed by atoms with E-state index < -0.39 is 11.8 Å². The maximum atomic E-state index is 9.30. The lowest BCUT2D eigenvalue weighted by Crippen LogP contribution is -2.33. The molecule has 1 aromatic carbocycles. The van der Waals surface area contributed by atoms with E-state index in [1.807, 2.05) is 0 Å². The van der Waals surface area contributed by atoms with Crippen LogP contribution in [0.3, 0.4) is 0 Å². The minimum atomic E-state index is -0.680. The monoisotopic (exact) mass is 280 g/mol. The van der Waals surface area contributed by atoms with Gasteiger partial charge in [-0.3, -0.25) is 0 Å². The van der Waals surface area contributed by atoms with Crippen LogP contribution in [-0.2, 0) is 7.05 Å². The summed E-state index contributed by atoms with van der Waals surface area (Å²) in [6.45, 7) is 6.35. The Morgan fingerprint density at radius 2 is 1.86 bits per heavy atom. The van der Waals surface area contributed by atoms with Crippen LogP contribution in [0.1, 0.15) is 57.9 Å². The van der Waals surface area contributed by atoms with Crippen molar-refractivity contribution in [3.05, 3.63) is 53.2 Å².